The van der Waals surface area contributed by atoms with E-state index in [1.807, 2.05) is 27.7 Å². The first-order chi connectivity index (χ1) is 17.4. The quantitative estimate of drug-likeness (QED) is 0.354. The first-order valence-corrected chi connectivity index (χ1v) is 13.1. The highest BCUT2D eigenvalue weighted by Gasteiger charge is 2.44. The van der Waals surface area contributed by atoms with Crippen LogP contribution in [0.15, 0.2) is 0 Å². The van der Waals surface area contributed by atoms with Crippen molar-refractivity contribution in [3.63, 3.8) is 0 Å². The van der Waals surface area contributed by atoms with E-state index in [9.17, 15) is 0 Å². The molecule has 2 aromatic heterocycles. The van der Waals surface area contributed by atoms with Gasteiger partial charge in [0, 0.05) is 0 Å². The third kappa shape index (κ3) is 7.10. The van der Waals surface area contributed by atoms with Gasteiger partial charge >= 0.3 is 35.9 Å². The van der Waals surface area contributed by atoms with Crippen molar-refractivity contribution in [1.82, 2.24) is 38.9 Å². The predicted molar refractivity (Wildman–Crippen MR) is 138 cm³/mol. The van der Waals surface area contributed by atoms with Gasteiger partial charge in [0.1, 0.15) is 26.2 Å². The topological polar surface area (TPSA) is 114 Å². The average Bonchev–Trinajstić information content (AvgIpc) is 2.90. The first-order valence-electron chi connectivity index (χ1n) is 13.1. The minimum Gasteiger partial charge on any atom is -0.463 e. The summed E-state index contributed by atoms with van der Waals surface area (Å²) in [6.45, 7) is 13.4. The summed E-state index contributed by atoms with van der Waals surface area (Å²) < 4.78 is 24.0. The van der Waals surface area contributed by atoms with Crippen molar-refractivity contribution in [3.8, 4) is 24.0 Å². The van der Waals surface area contributed by atoms with Crippen LogP contribution in [0.5, 0.6) is 24.0 Å². The molecule has 0 bridgehead atoms. The maximum absolute atomic E-state index is 5.74. The van der Waals surface area contributed by atoms with Gasteiger partial charge in [-0.1, -0.05) is 27.7 Å². The molecule has 0 atom stereocenters. The van der Waals surface area contributed by atoms with E-state index in [0.29, 0.717) is 71.3 Å². The first kappa shape index (κ1) is 27.7. The number of piperazine rings is 1. The van der Waals surface area contributed by atoms with Gasteiger partial charge in [-0.3, -0.25) is 8.97 Å². The molecule has 0 aromatic carbocycles. The second kappa shape index (κ2) is 12.9. The summed E-state index contributed by atoms with van der Waals surface area (Å²) in [7, 11) is 4.26. The van der Waals surface area contributed by atoms with E-state index < -0.39 is 0 Å². The molecule has 0 aliphatic carbocycles. The van der Waals surface area contributed by atoms with Gasteiger partial charge in [0.05, 0.1) is 40.5 Å². The molecular formula is C24H42N8O4+2. The Morgan fingerprint density at radius 2 is 0.722 bits per heavy atom. The molecule has 36 heavy (non-hydrogen) atoms. The van der Waals surface area contributed by atoms with Crippen molar-refractivity contribution < 1.29 is 18.9 Å². The van der Waals surface area contributed by atoms with Gasteiger partial charge in [-0.25, -0.2) is 0 Å². The zero-order valence-corrected chi connectivity index (χ0v) is 22.7. The van der Waals surface area contributed by atoms with Gasteiger partial charge in [-0.05, 0) is 25.7 Å². The smallest absolute Gasteiger partial charge is 0.338 e. The van der Waals surface area contributed by atoms with E-state index in [2.05, 4.69) is 44.0 Å². The molecule has 3 rings (SSSR count). The highest BCUT2D eigenvalue weighted by Crippen LogP contribution is 2.29. The lowest BCUT2D eigenvalue weighted by atomic mass is 10.2. The van der Waals surface area contributed by atoms with Crippen LogP contribution in [-0.4, -0.2) is 96.6 Å². The molecule has 12 heteroatoms. The summed E-state index contributed by atoms with van der Waals surface area (Å²) >= 11 is 0. The number of hydrogen-bond donors (Lipinski definition) is 0. The summed E-state index contributed by atoms with van der Waals surface area (Å²) in [6, 6.07) is 1.23. The Hall–Kier alpha value is -2.86. The van der Waals surface area contributed by atoms with Crippen molar-refractivity contribution in [2.75, 3.05) is 66.7 Å². The van der Waals surface area contributed by atoms with Gasteiger partial charge in [-0.2, -0.15) is 0 Å². The van der Waals surface area contributed by atoms with E-state index in [1.54, 1.807) is 0 Å². The van der Waals surface area contributed by atoms with E-state index in [0.717, 1.165) is 51.9 Å². The third-order valence-corrected chi connectivity index (χ3v) is 6.05. The molecule has 1 saturated heterocycles. The lowest BCUT2D eigenvalue weighted by Crippen LogP contribution is -2.66. The molecule has 0 unspecified atom stereocenters. The molecule has 0 radical (unpaired) electrons. The molecule has 1 aliphatic heterocycles. The second-order valence-corrected chi connectivity index (χ2v) is 9.48. The summed E-state index contributed by atoms with van der Waals surface area (Å²) in [6.07, 6.45) is 3.48. The molecule has 200 valence electrons. The highest BCUT2D eigenvalue weighted by molar-refractivity contribution is 5.33. The third-order valence-electron chi connectivity index (χ3n) is 6.05. The van der Waals surface area contributed by atoms with E-state index >= 15 is 0 Å². The number of ether oxygens (including phenoxy) is 4. The predicted octanol–water partition coefficient (Wildman–Crippen LogP) is 2.80. The van der Waals surface area contributed by atoms with E-state index in [4.69, 9.17) is 18.9 Å². The highest BCUT2D eigenvalue weighted by atomic mass is 16.5. The Labute approximate surface area is 214 Å². The molecule has 1 aliphatic rings. The maximum Gasteiger partial charge on any atom is 0.338 e. The molecule has 0 amide bonds. The van der Waals surface area contributed by atoms with Crippen molar-refractivity contribution in [1.29, 1.82) is 0 Å². The molecule has 0 spiro atoms. The van der Waals surface area contributed by atoms with E-state index in [-0.39, 0.29) is 0 Å². The fraction of sp³-hybridized carbons (Fsp3) is 0.750. The minimum atomic E-state index is 0.308. The molecule has 1 fully saturated rings. The van der Waals surface area contributed by atoms with Crippen LogP contribution in [0.3, 0.4) is 0 Å². The maximum atomic E-state index is 5.74. The summed E-state index contributed by atoms with van der Waals surface area (Å²) in [5, 5.41) is 0. The Morgan fingerprint density at radius 3 is 0.944 bits per heavy atom. The summed E-state index contributed by atoms with van der Waals surface area (Å²) in [5.74, 6) is 1.28. The second-order valence-electron chi connectivity index (χ2n) is 9.48. The molecule has 0 N–H and O–H groups in total. The average molecular weight is 507 g/mol. The lowest BCUT2D eigenvalue weighted by molar-refractivity contribution is 0.161. The number of likely N-dealkylation sites (N-methyl/N-ethyl adjacent to an activating group) is 2. The number of aromatic nitrogens is 6. The van der Waals surface area contributed by atoms with Crippen LogP contribution in [0.1, 0.15) is 53.4 Å². The van der Waals surface area contributed by atoms with Gasteiger partial charge in [0.2, 0.25) is 0 Å². The molecule has 0 saturated carbocycles. The van der Waals surface area contributed by atoms with Crippen molar-refractivity contribution in [2.24, 2.45) is 0 Å². The summed E-state index contributed by atoms with van der Waals surface area (Å²) in [4.78, 5) is 27.3. The monoisotopic (exact) mass is 506 g/mol. The fourth-order valence-electron chi connectivity index (χ4n) is 3.68. The molecule has 2 aromatic rings. The van der Waals surface area contributed by atoms with Gasteiger partial charge in [-0.15, -0.1) is 29.9 Å². The molecule has 3 heterocycles. The van der Waals surface area contributed by atoms with Crippen LogP contribution in [0.2, 0.25) is 0 Å². The zero-order valence-electron chi connectivity index (χ0n) is 22.7. The fourth-order valence-corrected chi connectivity index (χ4v) is 3.68. The normalized spacial score (nSPS) is 21.7. The lowest BCUT2D eigenvalue weighted by Gasteiger charge is -2.42. The SMILES string of the molecule is CCCOc1nc(OCCC)nc([N+]2(C)CC[N+](C)(c3nc(OCCC)nc(OCCC)n3)CC2)n1. The van der Waals surface area contributed by atoms with Gasteiger partial charge in [0.25, 0.3) is 0 Å². The number of hydrogen-bond acceptors (Lipinski definition) is 10. The van der Waals surface area contributed by atoms with Crippen LogP contribution in [0.4, 0.5) is 11.9 Å². The van der Waals surface area contributed by atoms with Crippen molar-refractivity contribution in [3.05, 3.63) is 0 Å². The van der Waals surface area contributed by atoms with Gasteiger partial charge in [0.15, 0.2) is 0 Å². The summed E-state index contributed by atoms with van der Waals surface area (Å²) in [5.41, 5.74) is 0. The van der Waals surface area contributed by atoms with E-state index in [1.165, 1.54) is 0 Å². The zero-order chi connectivity index (χ0) is 26.0. The van der Waals surface area contributed by atoms with Crippen LogP contribution in [-0.2, 0) is 0 Å². The Kier molecular flexibility index (Phi) is 9.94. The minimum absolute atomic E-state index is 0.308. The number of quaternary nitrogens is 2. The number of nitrogens with zero attached hydrogens (tertiary/aromatic N) is 8. The number of rotatable bonds is 14. The molecular weight excluding hydrogens is 464 g/mol. The van der Waals surface area contributed by atoms with Gasteiger partial charge < -0.3 is 18.9 Å². The Balaban J connectivity index is 1.83. The Bertz CT molecular complexity index is 839. The van der Waals surface area contributed by atoms with Crippen LogP contribution >= 0.6 is 0 Å². The van der Waals surface area contributed by atoms with Crippen LogP contribution < -0.4 is 27.9 Å². The largest absolute Gasteiger partial charge is 0.463 e. The van der Waals surface area contributed by atoms with Crippen LogP contribution in [0, 0.1) is 0 Å². The standard InChI is InChI=1S/C24H42N8O4/c1-7-15-33-21-25-19(26-22(29-21)34-16-8-2)31(5)11-13-32(6,14-12-31)20-27-23(35-17-9-3)30-24(28-20)36-18-10-4/h7-18H2,1-6H3/q+2. The molecule has 12 nitrogen and oxygen atoms in total. The van der Waals surface area contributed by atoms with Crippen LogP contribution in [0.25, 0.3) is 0 Å². The van der Waals surface area contributed by atoms with Crippen molar-refractivity contribution >= 4 is 11.9 Å². The Morgan fingerprint density at radius 1 is 0.472 bits per heavy atom. The van der Waals surface area contributed by atoms with Crippen molar-refractivity contribution in [2.45, 2.75) is 53.4 Å².